The van der Waals surface area contributed by atoms with Gasteiger partial charge in [-0.05, 0) is 65.1 Å². The van der Waals surface area contributed by atoms with Crippen LogP contribution in [0.4, 0.5) is 0 Å². The summed E-state index contributed by atoms with van der Waals surface area (Å²) in [5.41, 5.74) is 6.10. The van der Waals surface area contributed by atoms with Gasteiger partial charge in [-0.15, -0.1) is 0 Å². The molecule has 4 aromatic rings. The van der Waals surface area contributed by atoms with Crippen LogP contribution in [-0.2, 0) is 11.2 Å². The summed E-state index contributed by atoms with van der Waals surface area (Å²) < 4.78 is 5.41. The van der Waals surface area contributed by atoms with Crippen molar-refractivity contribution < 1.29 is 9.21 Å². The summed E-state index contributed by atoms with van der Waals surface area (Å²) in [5.74, 6) is 0.633. The number of aryl methyl sites for hydroxylation is 1. The minimum absolute atomic E-state index is 0.0322. The zero-order valence-corrected chi connectivity index (χ0v) is 17.3. The van der Waals surface area contributed by atoms with Crippen LogP contribution in [0.15, 0.2) is 89.7 Å². The van der Waals surface area contributed by atoms with Gasteiger partial charge in [0.1, 0.15) is 6.26 Å². The zero-order valence-electron chi connectivity index (χ0n) is 16.5. The van der Waals surface area contributed by atoms with Crippen molar-refractivity contribution in [3.05, 3.63) is 107 Å². The number of benzene rings is 3. The van der Waals surface area contributed by atoms with E-state index in [0.29, 0.717) is 17.3 Å². The lowest BCUT2D eigenvalue weighted by Crippen LogP contribution is -1.98. The average Bonchev–Trinajstić information content (AvgIpc) is 3.29. The molecule has 0 saturated heterocycles. The number of ketones is 1. The van der Waals surface area contributed by atoms with Crippen LogP contribution in [0, 0.1) is 6.92 Å². The zero-order chi connectivity index (χ0) is 20.9. The van der Waals surface area contributed by atoms with E-state index in [4.69, 9.17) is 16.0 Å². The second-order valence-electron chi connectivity index (χ2n) is 7.06. The molecule has 0 atom stereocenters. The van der Waals surface area contributed by atoms with Crippen molar-refractivity contribution in [2.75, 3.05) is 0 Å². The van der Waals surface area contributed by atoms with Gasteiger partial charge in [0.25, 0.3) is 0 Å². The Balaban J connectivity index is 1.49. The number of carbonyl (C=O) groups is 1. The molecule has 1 heterocycles. The molecular formula is C26H20ClNO2. The molecule has 3 aromatic carbocycles. The molecule has 0 aliphatic carbocycles. The summed E-state index contributed by atoms with van der Waals surface area (Å²) in [6.45, 7) is 2.08. The van der Waals surface area contributed by atoms with Gasteiger partial charge in [-0.25, -0.2) is 4.98 Å². The van der Waals surface area contributed by atoms with E-state index >= 15 is 0 Å². The Hall–Kier alpha value is -3.43. The number of hydrogen-bond donors (Lipinski definition) is 0. The van der Waals surface area contributed by atoms with Gasteiger partial charge in [0.05, 0.1) is 6.20 Å². The summed E-state index contributed by atoms with van der Waals surface area (Å²) in [4.78, 5) is 16.6. The van der Waals surface area contributed by atoms with Crippen LogP contribution in [0.2, 0.25) is 5.02 Å². The molecular weight excluding hydrogens is 394 g/mol. The number of carbonyl (C=O) groups excluding carboxylic acids is 1. The topological polar surface area (TPSA) is 43.1 Å². The maximum Gasteiger partial charge on any atom is 0.225 e. The van der Waals surface area contributed by atoms with E-state index in [1.54, 1.807) is 24.6 Å². The van der Waals surface area contributed by atoms with Crippen molar-refractivity contribution in [1.29, 1.82) is 0 Å². The summed E-state index contributed by atoms with van der Waals surface area (Å²) in [5, 5.41) is 0.633. The number of hydrogen-bond acceptors (Lipinski definition) is 3. The largest absolute Gasteiger partial charge is 0.445 e. The molecule has 0 saturated carbocycles. The molecule has 3 nitrogen and oxygen atoms in total. The van der Waals surface area contributed by atoms with Crippen molar-refractivity contribution in [2.45, 2.75) is 13.3 Å². The number of nitrogens with zero attached hydrogens (tertiary/aromatic N) is 1. The first-order valence-electron chi connectivity index (χ1n) is 9.65. The molecule has 0 N–H and O–H groups in total. The van der Waals surface area contributed by atoms with Crippen molar-refractivity contribution >= 4 is 23.5 Å². The summed E-state index contributed by atoms with van der Waals surface area (Å²) in [6, 6.07) is 21.7. The maximum atomic E-state index is 12.3. The molecule has 0 unspecified atom stereocenters. The highest BCUT2D eigenvalue weighted by Gasteiger charge is 2.08. The fourth-order valence-corrected chi connectivity index (χ4v) is 3.49. The monoisotopic (exact) mass is 413 g/mol. The van der Waals surface area contributed by atoms with Gasteiger partial charge in [-0.1, -0.05) is 60.1 Å². The molecule has 30 heavy (non-hydrogen) atoms. The fraction of sp³-hybridized carbons (Fsp3) is 0.0769. The molecule has 0 radical (unpaired) electrons. The third kappa shape index (κ3) is 4.58. The van der Waals surface area contributed by atoms with E-state index in [2.05, 4.69) is 24.0 Å². The molecule has 4 heteroatoms. The third-order valence-corrected chi connectivity index (χ3v) is 5.26. The molecule has 0 amide bonds. The number of oxazole rings is 1. The highest BCUT2D eigenvalue weighted by atomic mass is 35.5. The molecule has 0 spiro atoms. The van der Waals surface area contributed by atoms with Crippen molar-refractivity contribution in [1.82, 2.24) is 4.98 Å². The lowest BCUT2D eigenvalue weighted by molar-refractivity contribution is -0.113. The molecule has 0 bridgehead atoms. The number of rotatable bonds is 6. The minimum Gasteiger partial charge on any atom is -0.445 e. The minimum atomic E-state index is 0.0322. The van der Waals surface area contributed by atoms with Gasteiger partial charge >= 0.3 is 0 Å². The first-order chi connectivity index (χ1) is 14.6. The van der Waals surface area contributed by atoms with Crippen molar-refractivity contribution in [3.63, 3.8) is 0 Å². The predicted molar refractivity (Wildman–Crippen MR) is 121 cm³/mol. The Morgan fingerprint density at radius 1 is 1.03 bits per heavy atom. The maximum absolute atomic E-state index is 12.3. The van der Waals surface area contributed by atoms with Crippen LogP contribution in [0.3, 0.4) is 0 Å². The van der Waals surface area contributed by atoms with E-state index < -0.39 is 0 Å². The Morgan fingerprint density at radius 2 is 1.80 bits per heavy atom. The summed E-state index contributed by atoms with van der Waals surface area (Å²) >= 11 is 6.13. The van der Waals surface area contributed by atoms with Gasteiger partial charge in [0.2, 0.25) is 5.89 Å². The molecule has 1 aromatic heterocycles. The third-order valence-electron chi connectivity index (χ3n) is 4.91. The van der Waals surface area contributed by atoms with Gasteiger partial charge in [0.15, 0.2) is 5.78 Å². The smallest absolute Gasteiger partial charge is 0.225 e. The fourth-order valence-electron chi connectivity index (χ4n) is 3.29. The first-order valence-corrected chi connectivity index (χ1v) is 10.0. The van der Waals surface area contributed by atoms with Crippen LogP contribution in [-0.4, -0.2) is 10.8 Å². The highest BCUT2D eigenvalue weighted by Crippen LogP contribution is 2.29. The van der Waals surface area contributed by atoms with Gasteiger partial charge in [-0.3, -0.25) is 4.79 Å². The standard InChI is InChI=1S/C26H20ClNO2/c1-18-6-9-22(26-28-14-15-30-26)17-24(18)20-10-7-19(8-11-20)16-23(29)13-12-21-4-2-3-5-25(21)27/h2-15,17H,16H2,1H3/b13-12+. The molecule has 4 rings (SSSR count). The quantitative estimate of drug-likeness (QED) is 0.326. The van der Waals surface area contributed by atoms with Crippen LogP contribution in [0.25, 0.3) is 28.7 Å². The second kappa shape index (κ2) is 8.93. The van der Waals surface area contributed by atoms with Crippen LogP contribution in [0.5, 0.6) is 0 Å². The Kier molecular flexibility index (Phi) is 5.92. The first kappa shape index (κ1) is 19.9. The van der Waals surface area contributed by atoms with Crippen molar-refractivity contribution in [3.8, 4) is 22.6 Å². The lowest BCUT2D eigenvalue weighted by Gasteiger charge is -2.09. The van der Waals surface area contributed by atoms with Crippen molar-refractivity contribution in [2.24, 2.45) is 0 Å². The van der Waals surface area contributed by atoms with Gasteiger partial charge in [-0.2, -0.15) is 0 Å². The lowest BCUT2D eigenvalue weighted by atomic mass is 9.96. The van der Waals surface area contributed by atoms with E-state index in [1.807, 2.05) is 54.6 Å². The highest BCUT2D eigenvalue weighted by molar-refractivity contribution is 6.32. The van der Waals surface area contributed by atoms with Crippen LogP contribution < -0.4 is 0 Å². The SMILES string of the molecule is Cc1ccc(-c2ncco2)cc1-c1ccc(CC(=O)/C=C/c2ccccc2Cl)cc1. The molecule has 0 aliphatic rings. The molecule has 0 aliphatic heterocycles. The summed E-state index contributed by atoms with van der Waals surface area (Å²) in [6.07, 6.45) is 6.90. The van der Waals surface area contributed by atoms with Crippen LogP contribution >= 0.6 is 11.6 Å². The Morgan fingerprint density at radius 3 is 2.53 bits per heavy atom. The number of halogens is 1. The van der Waals surface area contributed by atoms with E-state index in [1.165, 1.54) is 0 Å². The van der Waals surface area contributed by atoms with E-state index in [-0.39, 0.29) is 5.78 Å². The van der Waals surface area contributed by atoms with Crippen LogP contribution in [0.1, 0.15) is 16.7 Å². The van der Waals surface area contributed by atoms with E-state index in [0.717, 1.165) is 33.4 Å². The second-order valence-corrected chi connectivity index (χ2v) is 7.47. The van der Waals surface area contributed by atoms with Gasteiger partial charge < -0.3 is 4.42 Å². The number of allylic oxidation sites excluding steroid dienone is 1. The van der Waals surface area contributed by atoms with E-state index in [9.17, 15) is 4.79 Å². The Labute approximate surface area is 180 Å². The summed E-state index contributed by atoms with van der Waals surface area (Å²) in [7, 11) is 0. The Bertz CT molecular complexity index is 1190. The average molecular weight is 414 g/mol. The molecule has 0 fully saturated rings. The van der Waals surface area contributed by atoms with Gasteiger partial charge in [0, 0.05) is 17.0 Å². The number of aromatic nitrogens is 1. The normalized spacial score (nSPS) is 11.1. The molecule has 148 valence electrons. The predicted octanol–water partition coefficient (Wildman–Crippen LogP) is 6.80.